The average Bonchev–Trinajstić information content (AvgIpc) is 3.14. The van der Waals surface area contributed by atoms with E-state index in [0.717, 1.165) is 23.4 Å². The molecule has 0 amide bonds. The van der Waals surface area contributed by atoms with Gasteiger partial charge in [0.05, 0.1) is 29.7 Å². The van der Waals surface area contributed by atoms with Gasteiger partial charge in [0.15, 0.2) is 5.96 Å². The number of aromatic nitrogens is 2. The highest BCUT2D eigenvalue weighted by Gasteiger charge is 2.16. The maximum atomic E-state index is 6.03. The molecule has 1 N–H and O–H groups in total. The molecule has 1 atom stereocenters. The van der Waals surface area contributed by atoms with E-state index in [1.807, 2.05) is 37.2 Å². The molecule has 0 aromatic carbocycles. The number of halogens is 1. The van der Waals surface area contributed by atoms with Gasteiger partial charge in [-0.1, -0.05) is 11.6 Å². The molecule has 138 valence electrons. The largest absolute Gasteiger partial charge is 0.357 e. The minimum absolute atomic E-state index is 0.187. The van der Waals surface area contributed by atoms with Crippen molar-refractivity contribution in [2.24, 2.45) is 12.0 Å². The number of hydrogen-bond donors (Lipinski definition) is 1. The lowest BCUT2D eigenvalue weighted by atomic mass is 10.1. The van der Waals surface area contributed by atoms with E-state index in [-0.39, 0.29) is 6.04 Å². The minimum atomic E-state index is 0.187. The predicted molar refractivity (Wildman–Crippen MR) is 106 cm³/mol. The van der Waals surface area contributed by atoms with Gasteiger partial charge in [0, 0.05) is 37.3 Å². The van der Waals surface area contributed by atoms with Gasteiger partial charge >= 0.3 is 0 Å². The molecule has 1 unspecified atom stereocenters. The summed E-state index contributed by atoms with van der Waals surface area (Å²) in [5, 5.41) is 7.65. The fourth-order valence-electron chi connectivity index (χ4n) is 2.57. The van der Waals surface area contributed by atoms with Gasteiger partial charge in [-0.2, -0.15) is 5.10 Å². The summed E-state index contributed by atoms with van der Waals surface area (Å²) in [4.78, 5) is 10.4. The summed E-state index contributed by atoms with van der Waals surface area (Å²) in [6, 6.07) is 4.18. The number of likely N-dealkylation sites (N-methyl/N-ethyl adjacent to an activating group) is 1. The molecule has 0 saturated heterocycles. The molecule has 25 heavy (non-hydrogen) atoms. The highest BCUT2D eigenvalue weighted by molar-refractivity contribution is 7.16. The van der Waals surface area contributed by atoms with E-state index in [9.17, 15) is 0 Å². The van der Waals surface area contributed by atoms with Gasteiger partial charge < -0.3 is 15.1 Å². The normalized spacial score (nSPS) is 13.3. The molecule has 0 aliphatic rings. The smallest absolute Gasteiger partial charge is 0.194 e. The maximum absolute atomic E-state index is 6.03. The molecular weight excluding hydrogens is 356 g/mol. The fraction of sp³-hybridized carbons (Fsp3) is 0.529. The lowest BCUT2D eigenvalue weighted by Crippen LogP contribution is -2.39. The number of nitrogens with one attached hydrogen (secondary N) is 1. The quantitative estimate of drug-likeness (QED) is 0.591. The molecule has 2 rings (SSSR count). The second-order valence-corrected chi connectivity index (χ2v) is 7.98. The third-order valence-corrected chi connectivity index (χ3v) is 5.08. The van der Waals surface area contributed by atoms with Crippen LogP contribution in [-0.4, -0.2) is 59.8 Å². The second kappa shape index (κ2) is 9.22. The minimum Gasteiger partial charge on any atom is -0.357 e. The fourth-order valence-corrected chi connectivity index (χ4v) is 3.71. The molecule has 0 aliphatic carbocycles. The third-order valence-electron chi connectivity index (χ3n) is 3.87. The summed E-state index contributed by atoms with van der Waals surface area (Å²) in [6.45, 7) is 4.35. The predicted octanol–water partition coefficient (Wildman–Crippen LogP) is 2.84. The number of aliphatic imine (C=N–C) groups is 1. The first-order chi connectivity index (χ1) is 11.9. The topological polar surface area (TPSA) is 48.7 Å². The van der Waals surface area contributed by atoms with Crippen LogP contribution in [0.15, 0.2) is 29.5 Å². The van der Waals surface area contributed by atoms with E-state index < -0.39 is 0 Å². The molecule has 0 spiro atoms. The lowest BCUT2D eigenvalue weighted by molar-refractivity contribution is 0.305. The van der Waals surface area contributed by atoms with Crippen LogP contribution >= 0.6 is 22.9 Å². The molecule has 2 heterocycles. The van der Waals surface area contributed by atoms with Crippen LogP contribution in [0.5, 0.6) is 0 Å². The van der Waals surface area contributed by atoms with Gasteiger partial charge in [0.25, 0.3) is 0 Å². The Bertz CT molecular complexity index is 693. The molecular formula is C17H27ClN6S. The van der Waals surface area contributed by atoms with Crippen LogP contribution in [0.3, 0.4) is 0 Å². The molecule has 2 aromatic rings. The summed E-state index contributed by atoms with van der Waals surface area (Å²) >= 11 is 7.63. The van der Waals surface area contributed by atoms with Gasteiger partial charge in [-0.25, -0.2) is 0 Å². The molecule has 0 bridgehead atoms. The molecule has 6 nitrogen and oxygen atoms in total. The van der Waals surface area contributed by atoms with Crippen molar-refractivity contribution in [3.05, 3.63) is 39.3 Å². The lowest BCUT2D eigenvalue weighted by Gasteiger charge is -2.25. The van der Waals surface area contributed by atoms with Gasteiger partial charge in [-0.15, -0.1) is 11.3 Å². The molecule has 0 fully saturated rings. The summed E-state index contributed by atoms with van der Waals surface area (Å²) < 4.78 is 2.64. The molecule has 0 radical (unpaired) electrons. The highest BCUT2D eigenvalue weighted by atomic mass is 35.5. The third kappa shape index (κ3) is 5.73. The summed E-state index contributed by atoms with van der Waals surface area (Å²) in [5.74, 6) is 0.891. The van der Waals surface area contributed by atoms with Gasteiger partial charge in [-0.3, -0.25) is 9.67 Å². The van der Waals surface area contributed by atoms with E-state index in [4.69, 9.17) is 16.6 Å². The van der Waals surface area contributed by atoms with Crippen LogP contribution in [0.2, 0.25) is 4.34 Å². The molecule has 8 heteroatoms. The van der Waals surface area contributed by atoms with Crippen LogP contribution in [0, 0.1) is 0 Å². The first-order valence-electron chi connectivity index (χ1n) is 8.29. The van der Waals surface area contributed by atoms with E-state index in [1.165, 1.54) is 10.4 Å². The highest BCUT2D eigenvalue weighted by Crippen LogP contribution is 2.22. The van der Waals surface area contributed by atoms with Crippen molar-refractivity contribution in [2.75, 3.05) is 34.2 Å². The number of guanidine groups is 1. The first kappa shape index (κ1) is 19.8. The van der Waals surface area contributed by atoms with Crippen LogP contribution < -0.4 is 5.32 Å². The Hall–Kier alpha value is -1.57. The van der Waals surface area contributed by atoms with Crippen molar-refractivity contribution >= 4 is 28.9 Å². The Morgan fingerprint density at radius 2 is 2.16 bits per heavy atom. The van der Waals surface area contributed by atoms with Crippen LogP contribution in [0.1, 0.15) is 23.4 Å². The Morgan fingerprint density at radius 3 is 2.68 bits per heavy atom. The van der Waals surface area contributed by atoms with E-state index in [1.54, 1.807) is 11.3 Å². The zero-order chi connectivity index (χ0) is 18.4. The summed E-state index contributed by atoms with van der Waals surface area (Å²) in [7, 11) is 8.11. The maximum Gasteiger partial charge on any atom is 0.194 e. The number of nitrogens with zero attached hydrogens (tertiary/aromatic N) is 5. The van der Waals surface area contributed by atoms with Crippen molar-refractivity contribution < 1.29 is 0 Å². The molecule has 2 aromatic heterocycles. The standard InChI is InChI=1S/C17H27ClN6S/c1-6-19-17(23(4)12-14-7-8-16(18)25-14)20-10-15(22(2)3)13-9-21-24(5)11-13/h7-9,11,15H,6,10,12H2,1-5H3,(H,19,20). The van der Waals surface area contributed by atoms with Crippen LogP contribution in [0.4, 0.5) is 0 Å². The van der Waals surface area contributed by atoms with E-state index >= 15 is 0 Å². The first-order valence-corrected chi connectivity index (χ1v) is 9.48. The summed E-state index contributed by atoms with van der Waals surface area (Å²) in [6.07, 6.45) is 3.95. The Morgan fingerprint density at radius 1 is 1.40 bits per heavy atom. The van der Waals surface area contributed by atoms with Gasteiger partial charge in [-0.05, 0) is 33.2 Å². The van der Waals surface area contributed by atoms with Crippen molar-refractivity contribution in [2.45, 2.75) is 19.5 Å². The van der Waals surface area contributed by atoms with Crippen molar-refractivity contribution in [1.29, 1.82) is 0 Å². The number of rotatable bonds is 7. The monoisotopic (exact) mass is 382 g/mol. The molecule has 0 aliphatic heterocycles. The van der Waals surface area contributed by atoms with Gasteiger partial charge in [0.1, 0.15) is 0 Å². The zero-order valence-corrected chi connectivity index (χ0v) is 17.1. The SMILES string of the molecule is CCNC(=NCC(c1cnn(C)c1)N(C)C)N(C)Cc1ccc(Cl)s1. The van der Waals surface area contributed by atoms with Crippen molar-refractivity contribution in [3.8, 4) is 0 Å². The second-order valence-electron chi connectivity index (χ2n) is 6.18. The van der Waals surface area contributed by atoms with Gasteiger partial charge in [0.2, 0.25) is 0 Å². The van der Waals surface area contributed by atoms with Crippen LogP contribution in [0.25, 0.3) is 0 Å². The van der Waals surface area contributed by atoms with Crippen LogP contribution in [-0.2, 0) is 13.6 Å². The number of thiophene rings is 1. The molecule has 0 saturated carbocycles. The Kier molecular flexibility index (Phi) is 7.28. The van der Waals surface area contributed by atoms with E-state index in [0.29, 0.717) is 6.54 Å². The van der Waals surface area contributed by atoms with Crippen molar-refractivity contribution in [1.82, 2.24) is 24.9 Å². The Balaban J connectivity index is 2.10. The zero-order valence-electron chi connectivity index (χ0n) is 15.5. The average molecular weight is 383 g/mol. The number of aryl methyl sites for hydroxylation is 1. The van der Waals surface area contributed by atoms with E-state index in [2.05, 4.69) is 47.3 Å². The summed E-state index contributed by atoms with van der Waals surface area (Å²) in [5.41, 5.74) is 1.17. The van der Waals surface area contributed by atoms with Crippen molar-refractivity contribution in [3.63, 3.8) is 0 Å². The Labute approximate surface area is 159 Å². The number of hydrogen-bond acceptors (Lipinski definition) is 4.